The van der Waals surface area contributed by atoms with Gasteiger partial charge in [0.15, 0.2) is 5.13 Å². The summed E-state index contributed by atoms with van der Waals surface area (Å²) in [6, 6.07) is 10.2. The molecule has 2 heterocycles. The van der Waals surface area contributed by atoms with Crippen LogP contribution in [0.5, 0.6) is 0 Å². The maximum absolute atomic E-state index is 13.1. The minimum absolute atomic E-state index is 0.0331. The molecule has 172 valence electrons. The van der Waals surface area contributed by atoms with E-state index in [1.165, 1.54) is 4.88 Å². The molecule has 2 N–H and O–H groups in total. The van der Waals surface area contributed by atoms with E-state index in [4.69, 9.17) is 4.98 Å². The van der Waals surface area contributed by atoms with Crippen molar-refractivity contribution in [1.29, 1.82) is 0 Å². The number of aliphatic hydroxyl groups excluding tert-OH is 1. The number of hydrogen-bond acceptors (Lipinski definition) is 5. The Morgan fingerprint density at radius 2 is 2.00 bits per heavy atom. The van der Waals surface area contributed by atoms with Crippen molar-refractivity contribution in [2.45, 2.75) is 64.9 Å². The first-order valence-corrected chi connectivity index (χ1v) is 13.0. The van der Waals surface area contributed by atoms with E-state index in [9.17, 15) is 9.90 Å². The number of aromatic nitrogens is 1. The minimum Gasteiger partial charge on any atom is -0.392 e. The molecular formula is C26H35N3O2S. The van der Waals surface area contributed by atoms with Gasteiger partial charge in [-0.05, 0) is 61.5 Å². The molecule has 6 atom stereocenters. The van der Waals surface area contributed by atoms with Gasteiger partial charge in [0.1, 0.15) is 0 Å². The highest BCUT2D eigenvalue weighted by molar-refractivity contribution is 7.15. The molecule has 2 fully saturated rings. The average molecular weight is 454 g/mol. The van der Waals surface area contributed by atoms with E-state index in [0.29, 0.717) is 0 Å². The molecule has 2 aromatic rings. The predicted octanol–water partition coefficient (Wildman–Crippen LogP) is 5.20. The van der Waals surface area contributed by atoms with E-state index < -0.39 is 6.10 Å². The quantitative estimate of drug-likeness (QED) is 0.668. The summed E-state index contributed by atoms with van der Waals surface area (Å²) in [6.45, 7) is 8.37. The largest absolute Gasteiger partial charge is 0.392 e. The lowest BCUT2D eigenvalue weighted by molar-refractivity contribution is -0.143. The number of aliphatic hydroxyl groups is 1. The highest BCUT2D eigenvalue weighted by atomic mass is 32.1. The van der Waals surface area contributed by atoms with Crippen LogP contribution in [-0.2, 0) is 11.2 Å². The Balaban J connectivity index is 1.37. The van der Waals surface area contributed by atoms with E-state index in [1.807, 2.05) is 30.0 Å². The van der Waals surface area contributed by atoms with Gasteiger partial charge in [0.25, 0.3) is 0 Å². The van der Waals surface area contributed by atoms with E-state index in [-0.39, 0.29) is 35.0 Å². The Hall–Kier alpha value is -1.92. The second-order valence-electron chi connectivity index (χ2n) is 10.5. The van der Waals surface area contributed by atoms with Crippen LogP contribution in [0.2, 0.25) is 0 Å². The molecule has 5 nitrogen and oxygen atoms in total. The van der Waals surface area contributed by atoms with Crippen LogP contribution in [0, 0.1) is 23.2 Å². The highest BCUT2D eigenvalue weighted by Gasteiger charge is 2.54. The molecule has 32 heavy (non-hydrogen) atoms. The summed E-state index contributed by atoms with van der Waals surface area (Å²) >= 11 is 1.75. The Labute approximate surface area is 195 Å². The molecule has 1 saturated heterocycles. The van der Waals surface area contributed by atoms with Crippen molar-refractivity contribution in [3.05, 3.63) is 40.9 Å². The minimum atomic E-state index is -0.467. The second kappa shape index (κ2) is 8.45. The number of amides is 1. The fourth-order valence-corrected chi connectivity index (χ4v) is 7.94. The topological polar surface area (TPSA) is 65.5 Å². The summed E-state index contributed by atoms with van der Waals surface area (Å²) in [5.41, 5.74) is 2.23. The highest BCUT2D eigenvalue weighted by Crippen LogP contribution is 2.57. The molecule has 3 aliphatic rings. The summed E-state index contributed by atoms with van der Waals surface area (Å²) in [6.07, 6.45) is 4.69. The summed E-state index contributed by atoms with van der Waals surface area (Å²) in [7, 11) is 0. The van der Waals surface area contributed by atoms with Gasteiger partial charge >= 0.3 is 0 Å². The number of thiazole rings is 1. The van der Waals surface area contributed by atoms with Crippen molar-refractivity contribution in [3.63, 3.8) is 0 Å². The first-order valence-electron chi connectivity index (χ1n) is 12.2. The molecule has 5 rings (SSSR count). The van der Waals surface area contributed by atoms with Gasteiger partial charge in [0.05, 0.1) is 11.8 Å². The first kappa shape index (κ1) is 21.9. The van der Waals surface area contributed by atoms with Crippen LogP contribution in [0.15, 0.2) is 30.3 Å². The molecule has 2 aliphatic carbocycles. The number of rotatable bonds is 4. The molecule has 1 aromatic heterocycles. The summed E-state index contributed by atoms with van der Waals surface area (Å²) < 4.78 is 0. The van der Waals surface area contributed by atoms with Crippen LogP contribution in [0.1, 0.15) is 62.9 Å². The van der Waals surface area contributed by atoms with E-state index in [0.717, 1.165) is 61.7 Å². The van der Waals surface area contributed by atoms with Crippen molar-refractivity contribution >= 4 is 28.1 Å². The lowest BCUT2D eigenvalue weighted by atomic mass is 9.53. The summed E-state index contributed by atoms with van der Waals surface area (Å²) in [4.78, 5) is 21.4. The molecule has 1 unspecified atom stereocenters. The number of nitrogens with zero attached hydrogens (tertiary/aromatic N) is 2. The standard InChI is InChI=1S/C26H35N3O2S/c1-16(24(31)29-13-7-8-14-29)19-11-12-26(3)15-20-22(17(2)21(26)23(19)30)28-25(32-20)27-18-9-5-4-6-10-18/h4-6,9-10,16-17,19,21,23,30H,7-8,11-15H2,1-3H3,(H,27,28)/t16-,17-,19?,21+,23-,26-/m0/s1. The molecule has 0 radical (unpaired) electrons. The van der Waals surface area contributed by atoms with Crippen LogP contribution in [0.4, 0.5) is 10.8 Å². The molecule has 0 bridgehead atoms. The van der Waals surface area contributed by atoms with Gasteiger partial charge in [0, 0.05) is 35.5 Å². The predicted molar refractivity (Wildman–Crippen MR) is 129 cm³/mol. The van der Waals surface area contributed by atoms with Crippen molar-refractivity contribution in [3.8, 4) is 0 Å². The van der Waals surface area contributed by atoms with Gasteiger partial charge in [-0.1, -0.05) is 39.0 Å². The molecule has 1 saturated carbocycles. The molecule has 6 heteroatoms. The van der Waals surface area contributed by atoms with E-state index in [2.05, 4.69) is 31.3 Å². The number of fused-ring (bicyclic) bond motifs is 2. The summed E-state index contributed by atoms with van der Waals surface area (Å²) in [5, 5.41) is 16.0. The zero-order valence-corrected chi connectivity index (χ0v) is 20.2. The second-order valence-corrected chi connectivity index (χ2v) is 11.6. The van der Waals surface area contributed by atoms with E-state index in [1.54, 1.807) is 11.3 Å². The van der Waals surface area contributed by atoms with Crippen LogP contribution in [0.25, 0.3) is 0 Å². The smallest absolute Gasteiger partial charge is 0.225 e. The summed E-state index contributed by atoms with van der Waals surface area (Å²) in [5.74, 6) is 0.465. The van der Waals surface area contributed by atoms with Gasteiger partial charge in [-0.2, -0.15) is 0 Å². The van der Waals surface area contributed by atoms with Gasteiger partial charge in [-0.3, -0.25) is 4.79 Å². The lowest BCUT2D eigenvalue weighted by Crippen LogP contribution is -2.53. The SMILES string of the molecule is C[C@H](C(=O)N1CCCC1)C1CC[C@@]2(C)Cc3sc(Nc4ccccc4)nc3[C@@H](C)[C@@H]2[C@H]1O. The van der Waals surface area contributed by atoms with E-state index >= 15 is 0 Å². The third kappa shape index (κ3) is 3.75. The third-order valence-electron chi connectivity index (χ3n) is 8.40. The molecule has 1 aliphatic heterocycles. The Morgan fingerprint density at radius 3 is 2.72 bits per heavy atom. The normalized spacial score (nSPS) is 32.8. The fraction of sp³-hybridized carbons (Fsp3) is 0.615. The van der Waals surface area contributed by atoms with Crippen molar-refractivity contribution < 1.29 is 9.90 Å². The first-order chi connectivity index (χ1) is 15.4. The van der Waals surface area contributed by atoms with Gasteiger partial charge in [0.2, 0.25) is 5.91 Å². The van der Waals surface area contributed by atoms with Crippen LogP contribution >= 0.6 is 11.3 Å². The van der Waals surface area contributed by atoms with Crippen LogP contribution in [0.3, 0.4) is 0 Å². The zero-order chi connectivity index (χ0) is 22.5. The monoisotopic (exact) mass is 453 g/mol. The molecular weight excluding hydrogens is 418 g/mol. The fourth-order valence-electron chi connectivity index (χ4n) is 6.65. The molecule has 1 aromatic carbocycles. The zero-order valence-electron chi connectivity index (χ0n) is 19.4. The van der Waals surface area contributed by atoms with Crippen LogP contribution in [-0.4, -0.2) is 40.1 Å². The third-order valence-corrected chi connectivity index (χ3v) is 9.38. The molecule has 1 amide bonds. The number of anilines is 2. The number of benzene rings is 1. The van der Waals surface area contributed by atoms with Crippen molar-refractivity contribution in [1.82, 2.24) is 9.88 Å². The van der Waals surface area contributed by atoms with Gasteiger partial charge in [-0.25, -0.2) is 4.98 Å². The number of likely N-dealkylation sites (tertiary alicyclic amines) is 1. The van der Waals surface area contributed by atoms with Gasteiger partial charge in [-0.15, -0.1) is 11.3 Å². The van der Waals surface area contributed by atoms with Crippen molar-refractivity contribution in [2.24, 2.45) is 23.2 Å². The molecule has 0 spiro atoms. The number of hydrogen-bond donors (Lipinski definition) is 2. The number of carbonyl (C=O) groups is 1. The lowest BCUT2D eigenvalue weighted by Gasteiger charge is -2.53. The maximum atomic E-state index is 13.1. The Kier molecular flexibility index (Phi) is 5.79. The average Bonchev–Trinajstić information content (AvgIpc) is 3.43. The van der Waals surface area contributed by atoms with Crippen LogP contribution < -0.4 is 5.32 Å². The van der Waals surface area contributed by atoms with Crippen molar-refractivity contribution in [2.75, 3.05) is 18.4 Å². The Bertz CT molecular complexity index is 971. The Morgan fingerprint density at radius 1 is 1.28 bits per heavy atom. The number of para-hydroxylation sites is 1. The maximum Gasteiger partial charge on any atom is 0.225 e. The number of carbonyl (C=O) groups excluding carboxylic acids is 1. The van der Waals surface area contributed by atoms with Gasteiger partial charge < -0.3 is 15.3 Å². The number of nitrogens with one attached hydrogen (secondary N) is 1.